The van der Waals surface area contributed by atoms with Gasteiger partial charge in [-0.15, -0.1) is 0 Å². The van der Waals surface area contributed by atoms with Crippen molar-refractivity contribution in [2.75, 3.05) is 39.5 Å². The smallest absolute Gasteiger partial charge is 0.160 e. The van der Waals surface area contributed by atoms with Crippen molar-refractivity contribution < 1.29 is 14.6 Å². The molecule has 1 fully saturated rings. The molecule has 4 heteroatoms. The van der Waals surface area contributed by atoms with E-state index >= 15 is 0 Å². The fourth-order valence-corrected chi connectivity index (χ4v) is 2.02. The fraction of sp³-hybridized carbons (Fsp3) is 0.571. The third-order valence-electron chi connectivity index (χ3n) is 3.10. The van der Waals surface area contributed by atoms with E-state index in [0.717, 1.165) is 45.7 Å². The number of para-hydroxylation sites is 2. The van der Waals surface area contributed by atoms with Gasteiger partial charge in [-0.2, -0.15) is 0 Å². The van der Waals surface area contributed by atoms with Gasteiger partial charge in [-0.3, -0.25) is 4.90 Å². The minimum absolute atomic E-state index is 0.214. The van der Waals surface area contributed by atoms with Crippen LogP contribution in [0.15, 0.2) is 24.3 Å². The summed E-state index contributed by atoms with van der Waals surface area (Å²) in [7, 11) is 0. The molecule has 0 atom stereocenters. The first-order valence-electron chi connectivity index (χ1n) is 6.57. The molecule has 0 radical (unpaired) electrons. The van der Waals surface area contributed by atoms with E-state index in [1.807, 2.05) is 6.07 Å². The van der Waals surface area contributed by atoms with E-state index in [1.54, 1.807) is 18.2 Å². The van der Waals surface area contributed by atoms with Crippen LogP contribution in [-0.2, 0) is 4.74 Å². The number of rotatable bonds is 6. The predicted molar refractivity (Wildman–Crippen MR) is 70.1 cm³/mol. The highest BCUT2D eigenvalue weighted by Crippen LogP contribution is 2.24. The number of phenolic OH excluding ortho intramolecular Hbond substituents is 1. The Morgan fingerprint density at radius 1 is 1.17 bits per heavy atom. The Kier molecular flexibility index (Phi) is 5.30. The highest BCUT2D eigenvalue weighted by molar-refractivity contribution is 5.37. The zero-order chi connectivity index (χ0) is 12.6. The van der Waals surface area contributed by atoms with Gasteiger partial charge in [-0.25, -0.2) is 0 Å². The molecule has 1 aliphatic heterocycles. The summed E-state index contributed by atoms with van der Waals surface area (Å²) in [5, 5.41) is 9.52. The number of benzene rings is 1. The van der Waals surface area contributed by atoms with Crippen molar-refractivity contribution in [2.24, 2.45) is 0 Å². The van der Waals surface area contributed by atoms with Gasteiger partial charge in [-0.05, 0) is 31.5 Å². The third-order valence-corrected chi connectivity index (χ3v) is 3.10. The third kappa shape index (κ3) is 4.20. The van der Waals surface area contributed by atoms with E-state index in [2.05, 4.69) is 4.90 Å². The lowest BCUT2D eigenvalue weighted by Crippen LogP contribution is -2.36. The maximum atomic E-state index is 9.52. The summed E-state index contributed by atoms with van der Waals surface area (Å²) in [6.07, 6.45) is 2.12. The quantitative estimate of drug-likeness (QED) is 0.784. The van der Waals surface area contributed by atoms with Crippen molar-refractivity contribution in [3.8, 4) is 11.5 Å². The summed E-state index contributed by atoms with van der Waals surface area (Å²) in [4.78, 5) is 2.42. The Morgan fingerprint density at radius 3 is 2.72 bits per heavy atom. The van der Waals surface area contributed by atoms with E-state index in [0.29, 0.717) is 12.4 Å². The molecule has 0 amide bonds. The lowest BCUT2D eigenvalue weighted by Gasteiger charge is -2.26. The van der Waals surface area contributed by atoms with Gasteiger partial charge < -0.3 is 14.6 Å². The van der Waals surface area contributed by atoms with E-state index in [1.165, 1.54) is 0 Å². The number of aromatic hydroxyl groups is 1. The molecule has 1 aromatic carbocycles. The molecule has 1 saturated heterocycles. The van der Waals surface area contributed by atoms with Gasteiger partial charge in [0.1, 0.15) is 0 Å². The van der Waals surface area contributed by atoms with Gasteiger partial charge in [0.2, 0.25) is 0 Å². The van der Waals surface area contributed by atoms with Crippen LogP contribution in [0.25, 0.3) is 0 Å². The molecule has 4 nitrogen and oxygen atoms in total. The van der Waals surface area contributed by atoms with Gasteiger partial charge in [0.25, 0.3) is 0 Å². The van der Waals surface area contributed by atoms with Crippen molar-refractivity contribution in [1.82, 2.24) is 4.90 Å². The van der Waals surface area contributed by atoms with Crippen LogP contribution in [0.2, 0.25) is 0 Å². The maximum absolute atomic E-state index is 9.52. The summed E-state index contributed by atoms with van der Waals surface area (Å²) in [5.41, 5.74) is 0. The van der Waals surface area contributed by atoms with Crippen molar-refractivity contribution in [3.63, 3.8) is 0 Å². The summed E-state index contributed by atoms with van der Waals surface area (Å²) in [5.74, 6) is 0.787. The van der Waals surface area contributed by atoms with Crippen LogP contribution >= 0.6 is 0 Å². The van der Waals surface area contributed by atoms with Gasteiger partial charge in [0, 0.05) is 13.1 Å². The SMILES string of the molecule is Oc1ccccc1OCCCCN1CCOCC1. The van der Waals surface area contributed by atoms with E-state index in [-0.39, 0.29) is 5.75 Å². The largest absolute Gasteiger partial charge is 0.504 e. The summed E-state index contributed by atoms with van der Waals surface area (Å²) in [6.45, 7) is 5.55. The number of hydrogen-bond donors (Lipinski definition) is 1. The second kappa shape index (κ2) is 7.24. The Labute approximate surface area is 108 Å². The minimum Gasteiger partial charge on any atom is -0.504 e. The number of morpholine rings is 1. The Balaban J connectivity index is 1.57. The molecule has 1 aliphatic rings. The van der Waals surface area contributed by atoms with Gasteiger partial charge in [0.05, 0.1) is 19.8 Å². The van der Waals surface area contributed by atoms with Gasteiger partial charge in [-0.1, -0.05) is 12.1 Å². The zero-order valence-corrected chi connectivity index (χ0v) is 10.7. The van der Waals surface area contributed by atoms with Crippen molar-refractivity contribution in [1.29, 1.82) is 0 Å². The summed E-state index contributed by atoms with van der Waals surface area (Å²) in [6, 6.07) is 7.09. The van der Waals surface area contributed by atoms with E-state index in [9.17, 15) is 5.11 Å². The zero-order valence-electron chi connectivity index (χ0n) is 10.7. The normalized spacial score (nSPS) is 16.7. The highest BCUT2D eigenvalue weighted by Gasteiger charge is 2.09. The first kappa shape index (κ1) is 13.2. The molecule has 18 heavy (non-hydrogen) atoms. The second-order valence-electron chi connectivity index (χ2n) is 4.48. The fourth-order valence-electron chi connectivity index (χ4n) is 2.02. The monoisotopic (exact) mass is 251 g/mol. The molecule has 0 aromatic heterocycles. The van der Waals surface area contributed by atoms with Gasteiger partial charge >= 0.3 is 0 Å². The molecule has 100 valence electrons. The maximum Gasteiger partial charge on any atom is 0.160 e. The standard InChI is InChI=1S/C14H21NO3/c16-13-5-1-2-6-14(13)18-10-4-3-7-15-8-11-17-12-9-15/h1-2,5-6,16H,3-4,7-12H2. The van der Waals surface area contributed by atoms with Crippen LogP contribution in [0, 0.1) is 0 Å². The van der Waals surface area contributed by atoms with Crippen molar-refractivity contribution >= 4 is 0 Å². The Bertz CT molecular complexity index is 351. The van der Waals surface area contributed by atoms with Crippen LogP contribution in [0.4, 0.5) is 0 Å². The van der Waals surface area contributed by atoms with E-state index in [4.69, 9.17) is 9.47 Å². The van der Waals surface area contributed by atoms with Crippen LogP contribution < -0.4 is 4.74 Å². The van der Waals surface area contributed by atoms with Crippen molar-refractivity contribution in [3.05, 3.63) is 24.3 Å². The Hall–Kier alpha value is -1.26. The lowest BCUT2D eigenvalue weighted by molar-refractivity contribution is 0.0368. The molecule has 1 aromatic rings. The van der Waals surface area contributed by atoms with E-state index < -0.39 is 0 Å². The van der Waals surface area contributed by atoms with Gasteiger partial charge in [0.15, 0.2) is 11.5 Å². The summed E-state index contributed by atoms with van der Waals surface area (Å²) < 4.78 is 10.8. The molecular weight excluding hydrogens is 230 g/mol. The molecule has 2 rings (SSSR count). The average molecular weight is 251 g/mol. The Morgan fingerprint density at radius 2 is 1.94 bits per heavy atom. The highest BCUT2D eigenvalue weighted by atomic mass is 16.5. The topological polar surface area (TPSA) is 41.9 Å². The average Bonchev–Trinajstić information content (AvgIpc) is 2.42. The number of ether oxygens (including phenoxy) is 2. The first-order valence-corrected chi connectivity index (χ1v) is 6.57. The molecule has 0 spiro atoms. The molecule has 1 heterocycles. The number of nitrogens with zero attached hydrogens (tertiary/aromatic N) is 1. The molecule has 0 bridgehead atoms. The summed E-state index contributed by atoms with van der Waals surface area (Å²) >= 11 is 0. The van der Waals surface area contributed by atoms with Crippen LogP contribution in [0.3, 0.4) is 0 Å². The van der Waals surface area contributed by atoms with Crippen LogP contribution in [-0.4, -0.2) is 49.5 Å². The minimum atomic E-state index is 0.214. The first-order chi connectivity index (χ1) is 8.86. The molecule has 0 unspecified atom stereocenters. The number of unbranched alkanes of at least 4 members (excludes halogenated alkanes) is 1. The lowest BCUT2D eigenvalue weighted by atomic mass is 10.3. The molecule has 0 aliphatic carbocycles. The van der Waals surface area contributed by atoms with Crippen LogP contribution in [0.5, 0.6) is 11.5 Å². The second-order valence-corrected chi connectivity index (χ2v) is 4.48. The molecule has 0 saturated carbocycles. The number of hydrogen-bond acceptors (Lipinski definition) is 4. The number of phenols is 1. The van der Waals surface area contributed by atoms with Crippen molar-refractivity contribution in [2.45, 2.75) is 12.8 Å². The van der Waals surface area contributed by atoms with Crippen LogP contribution in [0.1, 0.15) is 12.8 Å². The molecule has 1 N–H and O–H groups in total. The molecular formula is C14H21NO3. The predicted octanol–water partition coefficient (Wildman–Crippen LogP) is 1.88.